The number of nitrogens with one attached hydrogen (secondary N) is 3. The number of carbonyl (C=O) groups excluding carboxylic acids is 3. The fraction of sp³-hybridized carbons (Fsp3) is 0.261. The Bertz CT molecular complexity index is 1010. The van der Waals surface area contributed by atoms with E-state index in [0.29, 0.717) is 18.4 Å². The van der Waals surface area contributed by atoms with E-state index in [1.807, 2.05) is 54.6 Å². The number of Topliss-reactive ketones (excluding diaryl/α,β-unsaturated/α-hetero) is 1. The van der Waals surface area contributed by atoms with Gasteiger partial charge in [0.05, 0.1) is 6.54 Å². The Morgan fingerprint density at radius 1 is 1.00 bits per heavy atom. The van der Waals surface area contributed by atoms with Crippen LogP contribution in [-0.2, 0) is 16.0 Å². The quantitative estimate of drug-likeness (QED) is 0.235. The van der Waals surface area contributed by atoms with Crippen LogP contribution in [0.15, 0.2) is 60.8 Å². The van der Waals surface area contributed by atoms with Gasteiger partial charge < -0.3 is 10.3 Å². The molecule has 3 aromatic rings. The van der Waals surface area contributed by atoms with Crippen molar-refractivity contribution in [3.63, 3.8) is 0 Å². The number of para-hydroxylation sites is 1. The van der Waals surface area contributed by atoms with Crippen LogP contribution in [0.4, 0.5) is 0 Å². The average molecular weight is 407 g/mol. The number of ketones is 1. The lowest BCUT2D eigenvalue weighted by Gasteiger charge is -2.15. The van der Waals surface area contributed by atoms with E-state index in [1.54, 1.807) is 11.7 Å². The summed E-state index contributed by atoms with van der Waals surface area (Å²) in [6.07, 6.45) is 3.44. The first-order valence-electron chi connectivity index (χ1n) is 9.92. The summed E-state index contributed by atoms with van der Waals surface area (Å²) < 4.78 is 0. The van der Waals surface area contributed by atoms with Gasteiger partial charge in [-0.2, -0.15) is 0 Å². The first-order valence-corrected chi connectivity index (χ1v) is 9.92. The van der Waals surface area contributed by atoms with Gasteiger partial charge in [0.2, 0.25) is 11.8 Å². The van der Waals surface area contributed by atoms with Gasteiger partial charge in [-0.15, -0.1) is 0 Å². The molecular formula is C23H25N3O4. The van der Waals surface area contributed by atoms with Crippen molar-refractivity contribution < 1.29 is 19.6 Å². The fourth-order valence-corrected chi connectivity index (χ4v) is 3.50. The molecule has 1 atom stereocenters. The molecule has 1 aromatic heterocycles. The zero-order valence-electron chi connectivity index (χ0n) is 16.6. The van der Waals surface area contributed by atoms with Gasteiger partial charge in [-0.05, 0) is 30.9 Å². The third-order valence-electron chi connectivity index (χ3n) is 5.10. The molecule has 0 aliphatic carbocycles. The second kappa shape index (κ2) is 10.4. The van der Waals surface area contributed by atoms with E-state index in [0.717, 1.165) is 22.9 Å². The summed E-state index contributed by atoms with van der Waals surface area (Å²) in [5, 5.41) is 12.3. The Kier molecular flexibility index (Phi) is 7.34. The van der Waals surface area contributed by atoms with Crippen molar-refractivity contribution in [2.45, 2.75) is 25.7 Å². The van der Waals surface area contributed by atoms with Gasteiger partial charge >= 0.3 is 0 Å². The first kappa shape index (κ1) is 21.3. The van der Waals surface area contributed by atoms with Gasteiger partial charge in [0.25, 0.3) is 0 Å². The van der Waals surface area contributed by atoms with Gasteiger partial charge in [0, 0.05) is 35.0 Å². The van der Waals surface area contributed by atoms with E-state index >= 15 is 0 Å². The lowest BCUT2D eigenvalue weighted by molar-refractivity contribution is -0.134. The van der Waals surface area contributed by atoms with Gasteiger partial charge in [0.15, 0.2) is 5.78 Å². The number of aromatic nitrogens is 1. The first-order chi connectivity index (χ1) is 14.6. The highest BCUT2D eigenvalue weighted by Gasteiger charge is 2.22. The predicted octanol–water partition coefficient (Wildman–Crippen LogP) is 3.00. The number of fused-ring (bicyclic) bond motifs is 1. The minimum Gasteiger partial charge on any atom is -0.360 e. The van der Waals surface area contributed by atoms with Crippen molar-refractivity contribution in [3.05, 3.63) is 71.9 Å². The van der Waals surface area contributed by atoms with Crippen molar-refractivity contribution in [1.29, 1.82) is 0 Å². The van der Waals surface area contributed by atoms with E-state index in [1.165, 1.54) is 0 Å². The minimum absolute atomic E-state index is 0.140. The largest absolute Gasteiger partial charge is 0.360 e. The molecule has 0 aliphatic heterocycles. The van der Waals surface area contributed by atoms with Gasteiger partial charge in [-0.25, -0.2) is 5.48 Å². The zero-order chi connectivity index (χ0) is 21.3. The van der Waals surface area contributed by atoms with Crippen LogP contribution >= 0.6 is 0 Å². The maximum absolute atomic E-state index is 12.6. The van der Waals surface area contributed by atoms with Gasteiger partial charge in [-0.1, -0.05) is 48.5 Å². The summed E-state index contributed by atoms with van der Waals surface area (Å²) in [5.74, 6) is -1.84. The predicted molar refractivity (Wildman–Crippen MR) is 113 cm³/mol. The Morgan fingerprint density at radius 3 is 2.50 bits per heavy atom. The van der Waals surface area contributed by atoms with Crippen LogP contribution in [0.3, 0.4) is 0 Å². The third-order valence-corrected chi connectivity index (χ3v) is 5.10. The summed E-state index contributed by atoms with van der Waals surface area (Å²) in [6.45, 7) is -0.156. The highest BCUT2D eigenvalue weighted by molar-refractivity contribution is 6.09. The molecule has 7 nitrogen and oxygen atoms in total. The van der Waals surface area contributed by atoms with Gasteiger partial charge in [-0.3, -0.25) is 19.6 Å². The molecule has 3 rings (SSSR count). The number of benzene rings is 2. The monoisotopic (exact) mass is 407 g/mol. The van der Waals surface area contributed by atoms with Crippen molar-refractivity contribution in [2.75, 3.05) is 6.54 Å². The zero-order valence-corrected chi connectivity index (χ0v) is 16.6. The number of hydroxylamine groups is 1. The highest BCUT2D eigenvalue weighted by Crippen LogP contribution is 2.18. The van der Waals surface area contributed by atoms with Crippen molar-refractivity contribution in [2.24, 2.45) is 5.92 Å². The van der Waals surface area contributed by atoms with Crippen LogP contribution in [0.1, 0.15) is 35.2 Å². The lowest BCUT2D eigenvalue weighted by Crippen LogP contribution is -2.37. The van der Waals surface area contributed by atoms with Crippen molar-refractivity contribution in [3.8, 4) is 0 Å². The molecule has 0 radical (unpaired) electrons. The SMILES string of the molecule is O=C(C[C@@H](CCCc1ccccc1)C(=O)NCC(=O)c1c[nH]c2ccccc12)NO. The summed E-state index contributed by atoms with van der Waals surface area (Å²) >= 11 is 0. The number of hydrogen-bond acceptors (Lipinski definition) is 4. The third kappa shape index (κ3) is 5.55. The molecule has 0 saturated carbocycles. The molecular weight excluding hydrogens is 382 g/mol. The maximum Gasteiger partial charge on any atom is 0.244 e. The highest BCUT2D eigenvalue weighted by atomic mass is 16.5. The van der Waals surface area contributed by atoms with Crippen LogP contribution < -0.4 is 10.8 Å². The van der Waals surface area contributed by atoms with Crippen LogP contribution in [-0.4, -0.2) is 34.3 Å². The molecule has 4 N–H and O–H groups in total. The molecule has 2 amide bonds. The molecule has 0 spiro atoms. The number of amides is 2. The summed E-state index contributed by atoms with van der Waals surface area (Å²) in [6, 6.07) is 17.3. The van der Waals surface area contributed by atoms with Gasteiger partial charge in [0.1, 0.15) is 0 Å². The Morgan fingerprint density at radius 2 is 1.73 bits per heavy atom. The lowest BCUT2D eigenvalue weighted by atomic mass is 9.95. The molecule has 0 aliphatic rings. The molecule has 156 valence electrons. The minimum atomic E-state index is -0.628. The molecule has 0 fully saturated rings. The molecule has 1 heterocycles. The smallest absolute Gasteiger partial charge is 0.244 e. The van der Waals surface area contributed by atoms with Crippen LogP contribution in [0.5, 0.6) is 0 Å². The average Bonchev–Trinajstić information content (AvgIpc) is 3.21. The molecule has 0 unspecified atom stereocenters. The van der Waals surface area contributed by atoms with E-state index in [-0.39, 0.29) is 24.7 Å². The van der Waals surface area contributed by atoms with Crippen LogP contribution in [0.25, 0.3) is 10.9 Å². The molecule has 30 heavy (non-hydrogen) atoms. The maximum atomic E-state index is 12.6. The summed E-state index contributed by atoms with van der Waals surface area (Å²) in [5.41, 5.74) is 4.09. The number of rotatable bonds is 10. The molecule has 0 bridgehead atoms. The molecule has 2 aromatic carbocycles. The van der Waals surface area contributed by atoms with E-state index in [4.69, 9.17) is 5.21 Å². The van der Waals surface area contributed by atoms with Crippen LogP contribution in [0.2, 0.25) is 0 Å². The normalized spacial score (nSPS) is 11.8. The molecule has 7 heteroatoms. The van der Waals surface area contributed by atoms with Crippen molar-refractivity contribution >= 4 is 28.5 Å². The number of hydrogen-bond donors (Lipinski definition) is 4. The number of H-pyrrole nitrogens is 1. The fourth-order valence-electron chi connectivity index (χ4n) is 3.50. The Hall–Kier alpha value is -3.45. The number of aromatic amines is 1. The van der Waals surface area contributed by atoms with Crippen LogP contribution in [0, 0.1) is 5.92 Å². The second-order valence-corrected chi connectivity index (χ2v) is 7.20. The number of aryl methyl sites for hydroxylation is 1. The summed E-state index contributed by atoms with van der Waals surface area (Å²) in [7, 11) is 0. The Balaban J connectivity index is 1.57. The second-order valence-electron chi connectivity index (χ2n) is 7.20. The van der Waals surface area contributed by atoms with E-state index < -0.39 is 11.8 Å². The Labute approximate surface area is 174 Å². The summed E-state index contributed by atoms with van der Waals surface area (Å²) in [4.78, 5) is 39.9. The molecule has 0 saturated heterocycles. The topological polar surface area (TPSA) is 111 Å². The van der Waals surface area contributed by atoms with Crippen molar-refractivity contribution in [1.82, 2.24) is 15.8 Å². The standard InChI is InChI=1S/C23H25N3O4/c27-21(19-14-24-20-12-5-4-11-18(19)20)15-25-23(29)17(13-22(28)26-30)10-6-9-16-7-2-1-3-8-16/h1-5,7-8,11-12,14,17,24,30H,6,9-10,13,15H2,(H,25,29)(H,26,28)/t17-/m1/s1. The van der Waals surface area contributed by atoms with E-state index in [9.17, 15) is 14.4 Å². The number of carbonyl (C=O) groups is 3. The van der Waals surface area contributed by atoms with E-state index in [2.05, 4.69) is 10.3 Å².